The highest BCUT2D eigenvalue weighted by atomic mass is 32.2. The van der Waals surface area contributed by atoms with Gasteiger partial charge in [-0.05, 0) is 65.2 Å². The summed E-state index contributed by atoms with van der Waals surface area (Å²) in [6, 6.07) is 6.48. The molecule has 3 rings (SSSR count). The summed E-state index contributed by atoms with van der Waals surface area (Å²) in [6.45, 7) is 9.50. The zero-order chi connectivity index (χ0) is 22.9. The lowest BCUT2D eigenvalue weighted by Gasteiger charge is -2.21. The lowest BCUT2D eigenvalue weighted by Crippen LogP contribution is -2.37. The standard InChI is InChI=1S/C23H30N2O5S/c1-6-24-17(5)21(16(4)22(24)23(27)30-7-2)20(26)14-25(18-10-11-18)31(28,29)19-12-8-15(3)9-13-19/h8-9,12-13,18H,6-7,10-11,14H2,1-5H3. The minimum absolute atomic E-state index is 0.173. The molecule has 31 heavy (non-hydrogen) atoms. The van der Waals surface area contributed by atoms with Crippen LogP contribution in [0.15, 0.2) is 29.2 Å². The minimum atomic E-state index is -3.80. The van der Waals surface area contributed by atoms with E-state index in [1.165, 1.54) is 4.31 Å². The second-order valence-electron chi connectivity index (χ2n) is 7.92. The van der Waals surface area contributed by atoms with Gasteiger partial charge in [0.05, 0.1) is 18.0 Å². The fourth-order valence-electron chi connectivity index (χ4n) is 4.00. The lowest BCUT2D eigenvalue weighted by molar-refractivity contribution is 0.0512. The molecule has 0 atom stereocenters. The molecule has 8 heteroatoms. The number of sulfonamides is 1. The van der Waals surface area contributed by atoms with Crippen LogP contribution >= 0.6 is 0 Å². The number of esters is 1. The molecular weight excluding hydrogens is 416 g/mol. The van der Waals surface area contributed by atoms with Gasteiger partial charge in [-0.15, -0.1) is 0 Å². The van der Waals surface area contributed by atoms with Crippen molar-refractivity contribution in [3.05, 3.63) is 52.3 Å². The van der Waals surface area contributed by atoms with Gasteiger partial charge in [0.1, 0.15) is 5.69 Å². The number of benzene rings is 1. The Morgan fingerprint density at radius 2 is 1.71 bits per heavy atom. The van der Waals surface area contributed by atoms with E-state index in [0.717, 1.165) is 18.4 Å². The predicted octanol–water partition coefficient (Wildman–Crippen LogP) is 3.65. The molecule has 2 aromatic rings. The molecule has 0 aliphatic heterocycles. The second kappa shape index (κ2) is 8.96. The van der Waals surface area contributed by atoms with Gasteiger partial charge >= 0.3 is 5.97 Å². The molecule has 1 fully saturated rings. The molecule has 0 saturated heterocycles. The Labute approximate surface area is 184 Å². The van der Waals surface area contributed by atoms with E-state index in [9.17, 15) is 18.0 Å². The normalized spacial score (nSPS) is 14.1. The van der Waals surface area contributed by atoms with Crippen LogP contribution in [0.4, 0.5) is 0 Å². The van der Waals surface area contributed by atoms with Crippen LogP contribution in [-0.4, -0.2) is 48.2 Å². The Morgan fingerprint density at radius 1 is 1.10 bits per heavy atom. The first kappa shape index (κ1) is 23.2. The second-order valence-corrected chi connectivity index (χ2v) is 9.81. The number of hydrogen-bond acceptors (Lipinski definition) is 5. The van der Waals surface area contributed by atoms with Crippen LogP contribution in [0.5, 0.6) is 0 Å². The number of ether oxygens (including phenoxy) is 1. The van der Waals surface area contributed by atoms with Crippen molar-refractivity contribution in [1.29, 1.82) is 0 Å². The van der Waals surface area contributed by atoms with Gasteiger partial charge in [0.2, 0.25) is 10.0 Å². The van der Waals surface area contributed by atoms with Crippen molar-refractivity contribution >= 4 is 21.8 Å². The van der Waals surface area contributed by atoms with E-state index in [0.29, 0.717) is 29.1 Å². The van der Waals surface area contributed by atoms with Gasteiger partial charge in [-0.25, -0.2) is 13.2 Å². The molecule has 1 aliphatic rings. The molecule has 1 saturated carbocycles. The Balaban J connectivity index is 1.97. The number of Topliss-reactive ketones (excluding diaryl/α,β-unsaturated/α-hetero) is 1. The molecule has 1 aromatic carbocycles. The smallest absolute Gasteiger partial charge is 0.355 e. The van der Waals surface area contributed by atoms with Crippen molar-refractivity contribution in [2.45, 2.75) is 64.9 Å². The van der Waals surface area contributed by atoms with Crippen LogP contribution < -0.4 is 0 Å². The first-order valence-electron chi connectivity index (χ1n) is 10.6. The van der Waals surface area contributed by atoms with Crippen LogP contribution in [0.25, 0.3) is 0 Å². The van der Waals surface area contributed by atoms with E-state index in [-0.39, 0.29) is 29.9 Å². The fraction of sp³-hybridized carbons (Fsp3) is 0.478. The Hall–Kier alpha value is -2.45. The molecule has 1 aromatic heterocycles. The summed E-state index contributed by atoms with van der Waals surface area (Å²) in [4.78, 5) is 26.0. The maximum atomic E-state index is 13.4. The first-order chi connectivity index (χ1) is 14.6. The van der Waals surface area contributed by atoms with Crippen molar-refractivity contribution in [3.63, 3.8) is 0 Å². The molecule has 0 unspecified atom stereocenters. The van der Waals surface area contributed by atoms with Crippen LogP contribution in [0.1, 0.15) is 64.4 Å². The van der Waals surface area contributed by atoms with Gasteiger partial charge in [0, 0.05) is 23.8 Å². The summed E-state index contributed by atoms with van der Waals surface area (Å²) in [5.41, 5.74) is 2.90. The summed E-state index contributed by atoms with van der Waals surface area (Å²) in [7, 11) is -3.80. The average molecular weight is 447 g/mol. The molecule has 0 amide bonds. The SMILES string of the molecule is CCOC(=O)c1c(C)c(C(=O)CN(C2CC2)S(=O)(=O)c2ccc(C)cc2)c(C)n1CC. The predicted molar refractivity (Wildman–Crippen MR) is 118 cm³/mol. The molecule has 1 heterocycles. The van der Waals surface area contributed by atoms with E-state index < -0.39 is 16.0 Å². The quantitative estimate of drug-likeness (QED) is 0.434. The van der Waals surface area contributed by atoms with Gasteiger partial charge in [0.15, 0.2) is 5.78 Å². The van der Waals surface area contributed by atoms with Gasteiger partial charge < -0.3 is 9.30 Å². The van der Waals surface area contributed by atoms with Crippen molar-refractivity contribution in [3.8, 4) is 0 Å². The molecule has 0 bridgehead atoms. The fourth-order valence-corrected chi connectivity index (χ4v) is 5.64. The maximum Gasteiger partial charge on any atom is 0.355 e. The highest BCUT2D eigenvalue weighted by Crippen LogP contribution is 2.33. The first-order valence-corrected chi connectivity index (χ1v) is 12.1. The highest BCUT2D eigenvalue weighted by molar-refractivity contribution is 7.89. The van der Waals surface area contributed by atoms with Gasteiger partial charge in [-0.1, -0.05) is 17.7 Å². The number of carbonyl (C=O) groups excluding carboxylic acids is 2. The van der Waals surface area contributed by atoms with Crippen molar-refractivity contribution < 1.29 is 22.7 Å². The molecule has 0 spiro atoms. The highest BCUT2D eigenvalue weighted by Gasteiger charge is 2.40. The number of aryl methyl sites for hydroxylation is 1. The number of carbonyl (C=O) groups is 2. The van der Waals surface area contributed by atoms with E-state index in [4.69, 9.17) is 4.74 Å². The number of rotatable bonds is 9. The van der Waals surface area contributed by atoms with Crippen molar-refractivity contribution in [1.82, 2.24) is 8.87 Å². The third kappa shape index (κ3) is 4.45. The average Bonchev–Trinajstić information content (AvgIpc) is 3.51. The summed E-state index contributed by atoms with van der Waals surface area (Å²) < 4.78 is 34.8. The molecule has 0 N–H and O–H groups in total. The minimum Gasteiger partial charge on any atom is -0.461 e. The van der Waals surface area contributed by atoms with E-state index >= 15 is 0 Å². The zero-order valence-corrected chi connectivity index (χ0v) is 19.6. The summed E-state index contributed by atoms with van der Waals surface area (Å²) in [5.74, 6) is -0.786. The van der Waals surface area contributed by atoms with Crippen LogP contribution in [0.3, 0.4) is 0 Å². The third-order valence-corrected chi connectivity index (χ3v) is 7.62. The van der Waals surface area contributed by atoms with E-state index in [2.05, 4.69) is 0 Å². The van der Waals surface area contributed by atoms with E-state index in [1.807, 2.05) is 13.8 Å². The number of ketones is 1. The van der Waals surface area contributed by atoms with Crippen molar-refractivity contribution in [2.24, 2.45) is 0 Å². The molecule has 7 nitrogen and oxygen atoms in total. The molecule has 0 radical (unpaired) electrons. The van der Waals surface area contributed by atoms with Gasteiger partial charge in [0.25, 0.3) is 0 Å². The monoisotopic (exact) mass is 446 g/mol. The largest absolute Gasteiger partial charge is 0.461 e. The topological polar surface area (TPSA) is 85.7 Å². The summed E-state index contributed by atoms with van der Waals surface area (Å²) in [5, 5.41) is 0. The zero-order valence-electron chi connectivity index (χ0n) is 18.8. The molecule has 168 valence electrons. The molecule has 1 aliphatic carbocycles. The van der Waals surface area contributed by atoms with Crippen LogP contribution in [0.2, 0.25) is 0 Å². The maximum absolute atomic E-state index is 13.4. The Bertz CT molecular complexity index is 1100. The Kier molecular flexibility index (Phi) is 6.71. The third-order valence-electron chi connectivity index (χ3n) is 5.71. The summed E-state index contributed by atoms with van der Waals surface area (Å²) >= 11 is 0. The van der Waals surface area contributed by atoms with Gasteiger partial charge in [-0.3, -0.25) is 4.79 Å². The van der Waals surface area contributed by atoms with Crippen molar-refractivity contribution in [2.75, 3.05) is 13.2 Å². The van der Waals surface area contributed by atoms with Crippen LogP contribution in [-0.2, 0) is 21.3 Å². The number of nitrogens with zero attached hydrogens (tertiary/aromatic N) is 2. The van der Waals surface area contributed by atoms with Gasteiger partial charge in [-0.2, -0.15) is 4.31 Å². The van der Waals surface area contributed by atoms with Crippen LogP contribution in [0, 0.1) is 20.8 Å². The molecular formula is C23H30N2O5S. The lowest BCUT2D eigenvalue weighted by atomic mass is 10.1. The summed E-state index contributed by atoms with van der Waals surface area (Å²) in [6.07, 6.45) is 1.47. The Morgan fingerprint density at radius 3 is 2.23 bits per heavy atom. The number of hydrogen-bond donors (Lipinski definition) is 0. The van der Waals surface area contributed by atoms with E-state index in [1.54, 1.807) is 49.6 Å². The number of aromatic nitrogens is 1.